The van der Waals surface area contributed by atoms with Crippen molar-refractivity contribution in [3.05, 3.63) is 11.3 Å². The van der Waals surface area contributed by atoms with E-state index in [0.717, 1.165) is 25.3 Å². The second-order valence-electron chi connectivity index (χ2n) is 6.21. The van der Waals surface area contributed by atoms with Crippen LogP contribution in [0.5, 0.6) is 0 Å². The summed E-state index contributed by atoms with van der Waals surface area (Å²) in [6.07, 6.45) is 0. The van der Waals surface area contributed by atoms with Crippen LogP contribution >= 0.6 is 11.8 Å². The molecule has 1 aliphatic rings. The first-order chi connectivity index (χ1) is 8.88. The summed E-state index contributed by atoms with van der Waals surface area (Å²) in [6.45, 7) is 11.9. The Morgan fingerprint density at radius 1 is 1.26 bits per heavy atom. The van der Waals surface area contributed by atoms with Gasteiger partial charge in [-0.1, -0.05) is 0 Å². The highest BCUT2D eigenvalue weighted by molar-refractivity contribution is 7.99. The van der Waals surface area contributed by atoms with Gasteiger partial charge in [0.25, 0.3) is 0 Å². The van der Waals surface area contributed by atoms with Crippen molar-refractivity contribution in [2.75, 3.05) is 29.5 Å². The van der Waals surface area contributed by atoms with Gasteiger partial charge in [0.15, 0.2) is 0 Å². The zero-order valence-corrected chi connectivity index (χ0v) is 13.6. The highest BCUT2D eigenvalue weighted by Gasteiger charge is 2.22. The predicted molar refractivity (Wildman–Crippen MR) is 84.1 cm³/mol. The number of nitrogens with one attached hydrogen (secondary N) is 1. The first-order valence-corrected chi connectivity index (χ1v) is 8.14. The van der Waals surface area contributed by atoms with E-state index in [0.29, 0.717) is 0 Å². The van der Waals surface area contributed by atoms with Crippen molar-refractivity contribution in [2.24, 2.45) is 7.05 Å². The van der Waals surface area contributed by atoms with E-state index in [2.05, 4.69) is 50.1 Å². The Kier molecular flexibility index (Phi) is 4.46. The molecule has 1 fully saturated rings. The molecule has 0 atom stereocenters. The Morgan fingerprint density at radius 2 is 1.89 bits per heavy atom. The maximum absolute atomic E-state index is 4.62. The lowest BCUT2D eigenvalue weighted by Gasteiger charge is -2.30. The van der Waals surface area contributed by atoms with Gasteiger partial charge in [-0.3, -0.25) is 4.68 Å². The molecule has 19 heavy (non-hydrogen) atoms. The summed E-state index contributed by atoms with van der Waals surface area (Å²) in [7, 11) is 2.06. The number of thioether (sulfide) groups is 1. The van der Waals surface area contributed by atoms with Gasteiger partial charge < -0.3 is 10.2 Å². The zero-order valence-electron chi connectivity index (χ0n) is 12.8. The molecule has 0 unspecified atom stereocenters. The SMILES string of the molecule is Cc1nn(C)c(N2CCSCC2)c1CNC(C)(C)C. The number of hydrogen-bond acceptors (Lipinski definition) is 4. The molecule has 1 aromatic heterocycles. The predicted octanol–water partition coefficient (Wildman–Crippen LogP) is 2.17. The average Bonchev–Trinajstić information content (AvgIpc) is 2.61. The Labute approximate surface area is 120 Å². The molecule has 0 spiro atoms. The minimum atomic E-state index is 0.136. The van der Waals surface area contributed by atoms with Crippen LogP contribution in [-0.4, -0.2) is 39.9 Å². The van der Waals surface area contributed by atoms with E-state index < -0.39 is 0 Å². The van der Waals surface area contributed by atoms with E-state index >= 15 is 0 Å². The van der Waals surface area contributed by atoms with Crippen LogP contribution in [0.2, 0.25) is 0 Å². The maximum atomic E-state index is 4.62. The lowest BCUT2D eigenvalue weighted by atomic mass is 10.1. The summed E-state index contributed by atoms with van der Waals surface area (Å²) in [5.41, 5.74) is 2.63. The summed E-state index contributed by atoms with van der Waals surface area (Å²) in [6, 6.07) is 0. The first-order valence-electron chi connectivity index (χ1n) is 6.98. The van der Waals surface area contributed by atoms with Crippen molar-refractivity contribution >= 4 is 17.6 Å². The highest BCUT2D eigenvalue weighted by Crippen LogP contribution is 2.26. The van der Waals surface area contributed by atoms with Crippen molar-refractivity contribution < 1.29 is 0 Å². The zero-order chi connectivity index (χ0) is 14.0. The van der Waals surface area contributed by atoms with Gasteiger partial charge in [-0.05, 0) is 27.7 Å². The third-order valence-electron chi connectivity index (χ3n) is 3.42. The van der Waals surface area contributed by atoms with Crippen molar-refractivity contribution in [2.45, 2.75) is 39.8 Å². The number of hydrogen-bond donors (Lipinski definition) is 1. The van der Waals surface area contributed by atoms with E-state index in [-0.39, 0.29) is 5.54 Å². The second-order valence-corrected chi connectivity index (χ2v) is 7.44. The monoisotopic (exact) mass is 282 g/mol. The lowest BCUT2D eigenvalue weighted by molar-refractivity contribution is 0.423. The van der Waals surface area contributed by atoms with E-state index in [4.69, 9.17) is 0 Å². The van der Waals surface area contributed by atoms with Gasteiger partial charge in [0, 0.05) is 49.3 Å². The number of aromatic nitrogens is 2. The van der Waals surface area contributed by atoms with Gasteiger partial charge in [-0.2, -0.15) is 16.9 Å². The van der Waals surface area contributed by atoms with E-state index in [1.54, 1.807) is 0 Å². The Bertz CT molecular complexity index is 427. The third kappa shape index (κ3) is 3.66. The number of nitrogens with zero attached hydrogens (tertiary/aromatic N) is 3. The highest BCUT2D eigenvalue weighted by atomic mass is 32.2. The first kappa shape index (κ1) is 14.7. The smallest absolute Gasteiger partial charge is 0.131 e. The summed E-state index contributed by atoms with van der Waals surface area (Å²) in [5, 5.41) is 8.20. The molecule has 1 aliphatic heterocycles. The molecule has 1 aromatic rings. The normalized spacial score (nSPS) is 17.0. The van der Waals surface area contributed by atoms with Crippen molar-refractivity contribution in [1.82, 2.24) is 15.1 Å². The molecular weight excluding hydrogens is 256 g/mol. The quantitative estimate of drug-likeness (QED) is 0.921. The van der Waals surface area contributed by atoms with Crippen LogP contribution in [-0.2, 0) is 13.6 Å². The van der Waals surface area contributed by atoms with E-state index in [1.165, 1.54) is 22.9 Å². The Balaban J connectivity index is 2.21. The topological polar surface area (TPSA) is 33.1 Å². The van der Waals surface area contributed by atoms with Crippen LogP contribution in [0.25, 0.3) is 0 Å². The fraction of sp³-hybridized carbons (Fsp3) is 0.786. The molecule has 5 heteroatoms. The summed E-state index contributed by atoms with van der Waals surface area (Å²) >= 11 is 2.04. The van der Waals surface area contributed by atoms with Crippen molar-refractivity contribution in [3.63, 3.8) is 0 Å². The van der Waals surface area contributed by atoms with Gasteiger partial charge in [-0.15, -0.1) is 0 Å². The second kappa shape index (κ2) is 5.75. The molecule has 1 N–H and O–H groups in total. The molecule has 108 valence electrons. The summed E-state index contributed by atoms with van der Waals surface area (Å²) < 4.78 is 2.05. The maximum Gasteiger partial charge on any atom is 0.131 e. The van der Waals surface area contributed by atoms with Gasteiger partial charge in [0.1, 0.15) is 5.82 Å². The van der Waals surface area contributed by atoms with Gasteiger partial charge >= 0.3 is 0 Å². The van der Waals surface area contributed by atoms with Crippen LogP contribution in [0.4, 0.5) is 5.82 Å². The molecule has 0 radical (unpaired) electrons. The molecule has 0 saturated carbocycles. The average molecular weight is 282 g/mol. The van der Waals surface area contributed by atoms with Crippen molar-refractivity contribution in [1.29, 1.82) is 0 Å². The standard InChI is InChI=1S/C14H26N4S/c1-11-12(10-15-14(2,3)4)13(17(5)16-11)18-6-8-19-9-7-18/h15H,6-10H2,1-5H3. The molecule has 2 rings (SSSR count). The van der Waals surface area contributed by atoms with E-state index in [9.17, 15) is 0 Å². The summed E-state index contributed by atoms with van der Waals surface area (Å²) in [5.74, 6) is 3.74. The lowest BCUT2D eigenvalue weighted by Crippen LogP contribution is -2.37. The molecule has 2 heterocycles. The van der Waals surface area contributed by atoms with Crippen molar-refractivity contribution in [3.8, 4) is 0 Å². The molecular formula is C14H26N4S. The van der Waals surface area contributed by atoms with Gasteiger partial charge in [-0.25, -0.2) is 0 Å². The van der Waals surface area contributed by atoms with Crippen LogP contribution in [0.3, 0.4) is 0 Å². The molecule has 4 nitrogen and oxygen atoms in total. The van der Waals surface area contributed by atoms with Crippen LogP contribution in [0, 0.1) is 6.92 Å². The minimum absolute atomic E-state index is 0.136. The fourth-order valence-electron chi connectivity index (χ4n) is 2.42. The van der Waals surface area contributed by atoms with Gasteiger partial charge in [0.2, 0.25) is 0 Å². The molecule has 0 aliphatic carbocycles. The fourth-order valence-corrected chi connectivity index (χ4v) is 3.32. The van der Waals surface area contributed by atoms with E-state index in [1.807, 2.05) is 16.4 Å². The molecule has 0 amide bonds. The number of anilines is 1. The molecule has 1 saturated heterocycles. The Hall–Kier alpha value is -0.680. The molecule has 0 bridgehead atoms. The Morgan fingerprint density at radius 3 is 2.47 bits per heavy atom. The summed E-state index contributed by atoms with van der Waals surface area (Å²) in [4.78, 5) is 2.48. The van der Waals surface area contributed by atoms with Crippen LogP contribution in [0.1, 0.15) is 32.0 Å². The number of rotatable bonds is 3. The number of aryl methyl sites for hydroxylation is 2. The largest absolute Gasteiger partial charge is 0.355 e. The van der Waals surface area contributed by atoms with Gasteiger partial charge in [0.05, 0.1) is 5.69 Å². The van der Waals surface area contributed by atoms with Crippen LogP contribution in [0.15, 0.2) is 0 Å². The third-order valence-corrected chi connectivity index (χ3v) is 4.36. The minimum Gasteiger partial charge on any atom is -0.355 e. The van der Waals surface area contributed by atoms with Crippen LogP contribution < -0.4 is 10.2 Å². The molecule has 0 aromatic carbocycles.